The van der Waals surface area contributed by atoms with Crippen LogP contribution in [0.15, 0.2) is 0 Å². The number of hydrogen-bond donors (Lipinski definition) is 0. The van der Waals surface area contributed by atoms with E-state index in [4.69, 9.17) is 4.74 Å². The molecule has 0 amide bonds. The summed E-state index contributed by atoms with van der Waals surface area (Å²) in [5.74, 6) is -0.0451. The Bertz CT molecular complexity index is 184. The molecule has 0 heterocycles. The third-order valence-corrected chi connectivity index (χ3v) is 2.67. The maximum Gasteiger partial charge on any atom is 0.309 e. The summed E-state index contributed by atoms with van der Waals surface area (Å²) in [6.07, 6.45) is 3.85. The van der Waals surface area contributed by atoms with Gasteiger partial charge in [0.15, 0.2) is 2.14 Å². The third-order valence-electron chi connectivity index (χ3n) is 1.99. The van der Waals surface area contributed by atoms with E-state index in [1.54, 1.807) is 0 Å². The van der Waals surface area contributed by atoms with E-state index in [2.05, 4.69) is 61.6 Å². The van der Waals surface area contributed by atoms with Crippen LogP contribution in [0.25, 0.3) is 0 Å². The predicted molar refractivity (Wildman–Crippen MR) is 73.8 cm³/mol. The molecule has 0 saturated heterocycles. The first-order valence-electron chi connectivity index (χ1n) is 5.14. The molecule has 0 atom stereocenters. The SMILES string of the molecule is CCCC(CCC)C(=O)OCC(Br)(Br)Br. The van der Waals surface area contributed by atoms with E-state index >= 15 is 0 Å². The Balaban J connectivity index is 4.02. The Morgan fingerprint density at radius 2 is 1.67 bits per heavy atom. The highest BCUT2D eigenvalue weighted by molar-refractivity contribution is 9.39. The van der Waals surface area contributed by atoms with Crippen LogP contribution in [0.1, 0.15) is 39.5 Å². The molecule has 0 rings (SSSR count). The van der Waals surface area contributed by atoms with Gasteiger partial charge in [-0.1, -0.05) is 74.5 Å². The standard InChI is InChI=1S/C10H17Br3O2/c1-3-5-8(6-4-2)9(14)15-7-10(11,12)13/h8H,3-7H2,1-2H3. The summed E-state index contributed by atoms with van der Waals surface area (Å²) in [6, 6.07) is 0. The lowest BCUT2D eigenvalue weighted by Gasteiger charge is -2.17. The van der Waals surface area contributed by atoms with Crippen LogP contribution in [0.4, 0.5) is 0 Å². The molecule has 0 aromatic heterocycles. The Morgan fingerprint density at radius 3 is 2.00 bits per heavy atom. The summed E-state index contributed by atoms with van der Waals surface area (Å²) in [5, 5.41) is 0. The molecule has 0 spiro atoms. The van der Waals surface area contributed by atoms with Crippen molar-refractivity contribution in [3.63, 3.8) is 0 Å². The zero-order valence-electron chi connectivity index (χ0n) is 9.06. The van der Waals surface area contributed by atoms with Gasteiger partial charge >= 0.3 is 5.97 Å². The fourth-order valence-electron chi connectivity index (χ4n) is 1.35. The molecule has 15 heavy (non-hydrogen) atoms. The van der Waals surface area contributed by atoms with Gasteiger partial charge in [0.05, 0.1) is 5.92 Å². The second-order valence-corrected chi connectivity index (χ2v) is 10.8. The van der Waals surface area contributed by atoms with Crippen LogP contribution in [0.2, 0.25) is 0 Å². The number of carbonyl (C=O) groups is 1. The molecule has 0 N–H and O–H groups in total. The molecular formula is C10H17Br3O2. The predicted octanol–water partition coefficient (Wildman–Crippen LogP) is 4.58. The van der Waals surface area contributed by atoms with E-state index < -0.39 is 2.14 Å². The summed E-state index contributed by atoms with van der Waals surface area (Å²) in [7, 11) is 0. The van der Waals surface area contributed by atoms with E-state index in [9.17, 15) is 4.79 Å². The number of ether oxygens (including phenoxy) is 1. The molecule has 2 nitrogen and oxygen atoms in total. The van der Waals surface area contributed by atoms with Crippen molar-refractivity contribution in [1.82, 2.24) is 0 Å². The lowest BCUT2D eigenvalue weighted by molar-refractivity contribution is -0.148. The number of halogens is 3. The van der Waals surface area contributed by atoms with Gasteiger partial charge in [0, 0.05) is 0 Å². The van der Waals surface area contributed by atoms with Crippen molar-refractivity contribution < 1.29 is 9.53 Å². The van der Waals surface area contributed by atoms with Crippen molar-refractivity contribution >= 4 is 53.8 Å². The topological polar surface area (TPSA) is 26.3 Å². The zero-order valence-corrected chi connectivity index (χ0v) is 13.8. The molecule has 0 aromatic rings. The smallest absolute Gasteiger partial charge is 0.309 e. The van der Waals surface area contributed by atoms with Crippen molar-refractivity contribution in [1.29, 1.82) is 0 Å². The normalized spacial score (nSPS) is 11.9. The molecule has 0 aliphatic heterocycles. The van der Waals surface area contributed by atoms with Gasteiger partial charge in [-0.25, -0.2) is 0 Å². The molecule has 0 radical (unpaired) electrons. The van der Waals surface area contributed by atoms with Crippen molar-refractivity contribution in [2.24, 2.45) is 5.92 Å². The molecule has 0 aromatic carbocycles. The lowest BCUT2D eigenvalue weighted by Crippen LogP contribution is -2.22. The van der Waals surface area contributed by atoms with Gasteiger partial charge in [-0.05, 0) is 12.8 Å². The number of alkyl halides is 3. The van der Waals surface area contributed by atoms with Crippen LogP contribution >= 0.6 is 47.8 Å². The first-order valence-corrected chi connectivity index (χ1v) is 7.52. The summed E-state index contributed by atoms with van der Waals surface area (Å²) < 4.78 is 4.70. The largest absolute Gasteiger partial charge is 0.462 e. The maximum atomic E-state index is 11.7. The van der Waals surface area contributed by atoms with E-state index in [0.29, 0.717) is 0 Å². The zero-order chi connectivity index (χ0) is 11.9. The summed E-state index contributed by atoms with van der Waals surface area (Å²) in [4.78, 5) is 11.7. The molecule has 0 bridgehead atoms. The van der Waals surface area contributed by atoms with Crippen molar-refractivity contribution in [2.45, 2.75) is 41.7 Å². The van der Waals surface area contributed by atoms with Crippen LogP contribution in [0.3, 0.4) is 0 Å². The Labute approximate surface area is 117 Å². The van der Waals surface area contributed by atoms with Gasteiger partial charge in [-0.2, -0.15) is 0 Å². The Kier molecular flexibility index (Phi) is 8.56. The molecule has 0 saturated carbocycles. The first kappa shape index (κ1) is 15.9. The molecule has 0 aliphatic rings. The van der Waals surface area contributed by atoms with Gasteiger partial charge in [0.2, 0.25) is 0 Å². The van der Waals surface area contributed by atoms with E-state index in [0.717, 1.165) is 25.7 Å². The minimum absolute atomic E-state index is 0.0508. The quantitative estimate of drug-likeness (QED) is 0.474. The summed E-state index contributed by atoms with van der Waals surface area (Å²) in [6.45, 7) is 4.44. The second kappa shape index (κ2) is 8.07. The summed E-state index contributed by atoms with van der Waals surface area (Å²) >= 11 is 9.87. The van der Waals surface area contributed by atoms with Gasteiger partial charge in [-0.15, -0.1) is 0 Å². The van der Waals surface area contributed by atoms with Crippen LogP contribution in [-0.4, -0.2) is 14.7 Å². The van der Waals surface area contributed by atoms with E-state index in [1.807, 2.05) is 0 Å². The fraction of sp³-hybridized carbons (Fsp3) is 0.900. The second-order valence-electron chi connectivity index (χ2n) is 3.50. The number of rotatable bonds is 6. The monoisotopic (exact) mass is 406 g/mol. The minimum Gasteiger partial charge on any atom is -0.462 e. The van der Waals surface area contributed by atoms with Crippen molar-refractivity contribution in [2.75, 3.05) is 6.61 Å². The van der Waals surface area contributed by atoms with Gasteiger partial charge in [0.25, 0.3) is 0 Å². The highest BCUT2D eigenvalue weighted by atomic mass is 80.0. The van der Waals surface area contributed by atoms with Crippen molar-refractivity contribution in [3.05, 3.63) is 0 Å². The molecule has 0 fully saturated rings. The third kappa shape index (κ3) is 8.69. The maximum absolute atomic E-state index is 11.7. The number of carbonyl (C=O) groups excluding carboxylic acids is 1. The molecule has 0 aliphatic carbocycles. The van der Waals surface area contributed by atoms with Crippen molar-refractivity contribution in [3.8, 4) is 0 Å². The van der Waals surface area contributed by atoms with Crippen LogP contribution in [-0.2, 0) is 9.53 Å². The minimum atomic E-state index is -0.494. The van der Waals surface area contributed by atoms with Gasteiger partial charge < -0.3 is 4.74 Å². The van der Waals surface area contributed by atoms with Crippen LogP contribution in [0, 0.1) is 5.92 Å². The van der Waals surface area contributed by atoms with Gasteiger partial charge in [-0.3, -0.25) is 4.79 Å². The molecular weight excluding hydrogens is 392 g/mol. The average molecular weight is 409 g/mol. The van der Waals surface area contributed by atoms with E-state index in [1.165, 1.54) is 0 Å². The first-order chi connectivity index (χ1) is 6.90. The van der Waals surface area contributed by atoms with Gasteiger partial charge in [0.1, 0.15) is 6.61 Å². The number of esters is 1. The van der Waals surface area contributed by atoms with Crippen LogP contribution < -0.4 is 0 Å². The summed E-state index contributed by atoms with van der Waals surface area (Å²) in [5.41, 5.74) is 0. The number of hydrogen-bond acceptors (Lipinski definition) is 2. The highest BCUT2D eigenvalue weighted by Crippen LogP contribution is 2.33. The fourth-order valence-corrected chi connectivity index (χ4v) is 1.69. The van der Waals surface area contributed by atoms with Crippen LogP contribution in [0.5, 0.6) is 0 Å². The highest BCUT2D eigenvalue weighted by Gasteiger charge is 2.24. The average Bonchev–Trinajstić information content (AvgIpc) is 2.13. The Morgan fingerprint density at radius 1 is 1.20 bits per heavy atom. The lowest BCUT2D eigenvalue weighted by atomic mass is 9.99. The van der Waals surface area contributed by atoms with E-state index in [-0.39, 0.29) is 18.5 Å². The molecule has 5 heteroatoms. The Hall–Kier alpha value is 0.910. The molecule has 90 valence electrons. The molecule has 0 unspecified atom stereocenters.